The summed E-state index contributed by atoms with van der Waals surface area (Å²) in [6, 6.07) is 2.27. The molecule has 2 heterocycles. The van der Waals surface area contributed by atoms with Gasteiger partial charge in [-0.15, -0.1) is 0 Å². The van der Waals surface area contributed by atoms with Gasteiger partial charge < -0.3 is 10.2 Å². The van der Waals surface area contributed by atoms with E-state index in [0.29, 0.717) is 6.42 Å². The fourth-order valence-corrected chi connectivity index (χ4v) is 2.22. The van der Waals surface area contributed by atoms with Gasteiger partial charge in [-0.3, -0.25) is 4.79 Å². The van der Waals surface area contributed by atoms with Crippen LogP contribution >= 0.6 is 0 Å². The molecule has 1 aliphatic rings. The number of nitrogens with zero attached hydrogens (tertiary/aromatic N) is 3. The second kappa shape index (κ2) is 5.33. The SMILES string of the molecule is CCc1cc(NC2CCC(=O)N(C)C2)nc(C)n1. The number of piperidine rings is 1. The molecule has 5 heteroatoms. The van der Waals surface area contributed by atoms with Gasteiger partial charge in [0.1, 0.15) is 11.6 Å². The molecule has 1 unspecified atom stereocenters. The monoisotopic (exact) mass is 248 g/mol. The largest absolute Gasteiger partial charge is 0.365 e. The first-order valence-electron chi connectivity index (χ1n) is 6.43. The fraction of sp³-hybridized carbons (Fsp3) is 0.615. The maximum Gasteiger partial charge on any atom is 0.222 e. The van der Waals surface area contributed by atoms with Crippen molar-refractivity contribution in [1.29, 1.82) is 0 Å². The second-order valence-electron chi connectivity index (χ2n) is 4.80. The van der Waals surface area contributed by atoms with Gasteiger partial charge in [-0.2, -0.15) is 0 Å². The van der Waals surface area contributed by atoms with E-state index in [-0.39, 0.29) is 11.9 Å². The number of hydrogen-bond donors (Lipinski definition) is 1. The number of aryl methyl sites for hydroxylation is 2. The molecule has 0 spiro atoms. The molecule has 1 amide bonds. The van der Waals surface area contributed by atoms with Crippen molar-refractivity contribution in [3.8, 4) is 0 Å². The molecule has 18 heavy (non-hydrogen) atoms. The Balaban J connectivity index is 2.05. The second-order valence-corrected chi connectivity index (χ2v) is 4.80. The number of amides is 1. The van der Waals surface area contributed by atoms with E-state index < -0.39 is 0 Å². The number of carbonyl (C=O) groups excluding carboxylic acids is 1. The van der Waals surface area contributed by atoms with Crippen LogP contribution in [0.4, 0.5) is 5.82 Å². The Morgan fingerprint density at radius 1 is 1.50 bits per heavy atom. The molecule has 1 aromatic heterocycles. The summed E-state index contributed by atoms with van der Waals surface area (Å²) in [5, 5.41) is 3.40. The molecule has 2 rings (SSSR count). The molecule has 1 aromatic rings. The van der Waals surface area contributed by atoms with E-state index in [1.165, 1.54) is 0 Å². The maximum atomic E-state index is 11.4. The Morgan fingerprint density at radius 2 is 2.28 bits per heavy atom. The van der Waals surface area contributed by atoms with Crippen molar-refractivity contribution in [2.75, 3.05) is 18.9 Å². The highest BCUT2D eigenvalue weighted by atomic mass is 16.2. The van der Waals surface area contributed by atoms with Crippen molar-refractivity contribution in [1.82, 2.24) is 14.9 Å². The van der Waals surface area contributed by atoms with Crippen LogP contribution in [0.5, 0.6) is 0 Å². The molecule has 0 aromatic carbocycles. The summed E-state index contributed by atoms with van der Waals surface area (Å²) in [5.41, 5.74) is 1.05. The molecular weight excluding hydrogens is 228 g/mol. The molecule has 1 aliphatic heterocycles. The molecule has 5 nitrogen and oxygen atoms in total. The molecule has 0 aliphatic carbocycles. The zero-order valence-corrected chi connectivity index (χ0v) is 11.2. The standard InChI is InChI=1S/C13H20N4O/c1-4-10-7-12(15-9(2)14-10)16-11-5-6-13(18)17(3)8-11/h7,11H,4-6,8H2,1-3H3,(H,14,15,16). The van der Waals surface area contributed by atoms with Gasteiger partial charge in [0.05, 0.1) is 0 Å². The first-order valence-corrected chi connectivity index (χ1v) is 6.43. The van der Waals surface area contributed by atoms with Crippen LogP contribution in [-0.4, -0.2) is 40.4 Å². The average Bonchev–Trinajstić information content (AvgIpc) is 2.33. The van der Waals surface area contributed by atoms with Gasteiger partial charge >= 0.3 is 0 Å². The average molecular weight is 248 g/mol. The minimum Gasteiger partial charge on any atom is -0.365 e. The third-order valence-electron chi connectivity index (χ3n) is 3.23. The summed E-state index contributed by atoms with van der Waals surface area (Å²) in [4.78, 5) is 21.9. The van der Waals surface area contributed by atoms with Crippen molar-refractivity contribution in [3.05, 3.63) is 17.6 Å². The smallest absolute Gasteiger partial charge is 0.222 e. The van der Waals surface area contributed by atoms with E-state index in [9.17, 15) is 4.79 Å². The van der Waals surface area contributed by atoms with Gasteiger partial charge in [0.15, 0.2) is 0 Å². The Labute approximate surface area is 108 Å². The lowest BCUT2D eigenvalue weighted by molar-refractivity contribution is -0.132. The zero-order chi connectivity index (χ0) is 13.1. The molecule has 1 fully saturated rings. The van der Waals surface area contributed by atoms with E-state index in [4.69, 9.17) is 0 Å². The molecule has 0 bridgehead atoms. The van der Waals surface area contributed by atoms with Crippen molar-refractivity contribution in [2.45, 2.75) is 39.2 Å². The number of rotatable bonds is 3. The van der Waals surface area contributed by atoms with E-state index in [2.05, 4.69) is 22.2 Å². The molecule has 1 saturated heterocycles. The first kappa shape index (κ1) is 12.8. The van der Waals surface area contributed by atoms with Gasteiger partial charge in [0.2, 0.25) is 5.91 Å². The Kier molecular flexibility index (Phi) is 3.79. The van der Waals surface area contributed by atoms with E-state index in [1.54, 1.807) is 4.90 Å². The predicted octanol–water partition coefficient (Wildman–Crippen LogP) is 1.38. The van der Waals surface area contributed by atoms with Crippen LogP contribution in [0.2, 0.25) is 0 Å². The number of likely N-dealkylation sites (tertiary alicyclic amines) is 1. The molecule has 0 radical (unpaired) electrons. The number of likely N-dealkylation sites (N-methyl/N-ethyl adjacent to an activating group) is 1. The van der Waals surface area contributed by atoms with Crippen LogP contribution in [0.1, 0.15) is 31.3 Å². The van der Waals surface area contributed by atoms with Crippen LogP contribution in [0.3, 0.4) is 0 Å². The maximum absolute atomic E-state index is 11.4. The Morgan fingerprint density at radius 3 is 2.94 bits per heavy atom. The van der Waals surface area contributed by atoms with Crippen LogP contribution in [0.15, 0.2) is 6.07 Å². The topological polar surface area (TPSA) is 58.1 Å². The number of aromatic nitrogens is 2. The quantitative estimate of drug-likeness (QED) is 0.878. The van der Waals surface area contributed by atoms with Crippen molar-refractivity contribution >= 4 is 11.7 Å². The number of hydrogen-bond acceptors (Lipinski definition) is 4. The van der Waals surface area contributed by atoms with Crippen molar-refractivity contribution in [3.63, 3.8) is 0 Å². The highest BCUT2D eigenvalue weighted by molar-refractivity contribution is 5.77. The number of nitrogens with one attached hydrogen (secondary N) is 1. The predicted molar refractivity (Wildman–Crippen MR) is 70.4 cm³/mol. The van der Waals surface area contributed by atoms with Gasteiger partial charge in [-0.1, -0.05) is 6.92 Å². The van der Waals surface area contributed by atoms with E-state index in [0.717, 1.165) is 36.7 Å². The van der Waals surface area contributed by atoms with Crippen molar-refractivity contribution < 1.29 is 4.79 Å². The van der Waals surface area contributed by atoms with Gasteiger partial charge in [-0.25, -0.2) is 9.97 Å². The summed E-state index contributed by atoms with van der Waals surface area (Å²) in [7, 11) is 1.85. The lowest BCUT2D eigenvalue weighted by Gasteiger charge is -2.30. The lowest BCUT2D eigenvalue weighted by atomic mass is 10.1. The van der Waals surface area contributed by atoms with Crippen LogP contribution in [0.25, 0.3) is 0 Å². The summed E-state index contributed by atoms with van der Waals surface area (Å²) in [5.74, 6) is 1.88. The fourth-order valence-electron chi connectivity index (χ4n) is 2.22. The number of anilines is 1. The zero-order valence-electron chi connectivity index (χ0n) is 11.2. The molecule has 1 atom stereocenters. The summed E-state index contributed by atoms with van der Waals surface area (Å²) >= 11 is 0. The normalized spacial score (nSPS) is 20.1. The van der Waals surface area contributed by atoms with Crippen LogP contribution in [0, 0.1) is 6.92 Å². The van der Waals surface area contributed by atoms with Gasteiger partial charge in [0, 0.05) is 37.8 Å². The molecule has 1 N–H and O–H groups in total. The lowest BCUT2D eigenvalue weighted by Crippen LogP contribution is -2.43. The van der Waals surface area contributed by atoms with Crippen molar-refractivity contribution in [2.24, 2.45) is 0 Å². The molecular formula is C13H20N4O. The first-order chi connectivity index (χ1) is 8.58. The molecule has 0 saturated carbocycles. The number of carbonyl (C=O) groups is 1. The molecule has 98 valence electrons. The summed E-state index contributed by atoms with van der Waals surface area (Å²) < 4.78 is 0. The van der Waals surface area contributed by atoms with Crippen LogP contribution < -0.4 is 5.32 Å². The highest BCUT2D eigenvalue weighted by Crippen LogP contribution is 2.15. The third kappa shape index (κ3) is 2.97. The minimum atomic E-state index is 0.223. The van der Waals surface area contributed by atoms with Gasteiger partial charge in [-0.05, 0) is 19.8 Å². The highest BCUT2D eigenvalue weighted by Gasteiger charge is 2.22. The van der Waals surface area contributed by atoms with E-state index >= 15 is 0 Å². The third-order valence-corrected chi connectivity index (χ3v) is 3.23. The van der Waals surface area contributed by atoms with E-state index in [1.807, 2.05) is 20.0 Å². The van der Waals surface area contributed by atoms with Gasteiger partial charge in [0.25, 0.3) is 0 Å². The van der Waals surface area contributed by atoms with Crippen LogP contribution in [-0.2, 0) is 11.2 Å². The Bertz CT molecular complexity index is 447. The minimum absolute atomic E-state index is 0.223. The summed E-state index contributed by atoms with van der Waals surface area (Å²) in [6.07, 6.45) is 2.38. The Hall–Kier alpha value is -1.65. The summed E-state index contributed by atoms with van der Waals surface area (Å²) in [6.45, 7) is 4.73.